The van der Waals surface area contributed by atoms with Crippen molar-refractivity contribution in [1.29, 1.82) is 0 Å². The molecule has 1 aromatic carbocycles. The predicted molar refractivity (Wildman–Crippen MR) is 73.2 cm³/mol. The number of aryl methyl sites for hydroxylation is 1. The molecule has 1 aromatic rings. The van der Waals surface area contributed by atoms with Crippen LogP contribution < -0.4 is 5.73 Å². The number of aliphatic imine (C=N–C) groups is 1. The lowest BCUT2D eigenvalue weighted by Crippen LogP contribution is -2.30. The van der Waals surface area contributed by atoms with Crippen LogP contribution in [0.25, 0.3) is 0 Å². The van der Waals surface area contributed by atoms with Crippen molar-refractivity contribution in [2.24, 2.45) is 16.1 Å². The van der Waals surface area contributed by atoms with Crippen molar-refractivity contribution in [3.05, 3.63) is 35.4 Å². The van der Waals surface area contributed by atoms with Gasteiger partial charge >= 0.3 is 0 Å². The van der Waals surface area contributed by atoms with Gasteiger partial charge in [-0.3, -0.25) is 4.99 Å². The zero-order valence-corrected chi connectivity index (χ0v) is 11.0. The van der Waals surface area contributed by atoms with Crippen molar-refractivity contribution >= 4 is 5.84 Å². The first-order valence-electron chi connectivity index (χ1n) is 6.40. The SMILES string of the molecule is CC(C)(C)C(N)=NC1CCCc2ccccc21. The molecule has 0 radical (unpaired) electrons. The standard InChI is InChI=1S/C15H22N2/c1-15(2,3)14(16)17-13-10-6-8-11-7-4-5-9-12(11)13/h4-5,7,9,13H,6,8,10H2,1-3H3,(H2,16,17). The second-order valence-electron chi connectivity index (χ2n) is 5.87. The Labute approximate surface area is 104 Å². The summed E-state index contributed by atoms with van der Waals surface area (Å²) in [5, 5.41) is 0. The van der Waals surface area contributed by atoms with E-state index in [1.165, 1.54) is 24.0 Å². The van der Waals surface area contributed by atoms with E-state index in [-0.39, 0.29) is 11.5 Å². The van der Waals surface area contributed by atoms with Crippen molar-refractivity contribution < 1.29 is 0 Å². The van der Waals surface area contributed by atoms with Gasteiger partial charge in [0.25, 0.3) is 0 Å². The fraction of sp³-hybridized carbons (Fsp3) is 0.533. The summed E-state index contributed by atoms with van der Waals surface area (Å²) in [6, 6.07) is 8.88. The van der Waals surface area contributed by atoms with Crippen molar-refractivity contribution in [2.75, 3.05) is 0 Å². The third-order valence-corrected chi connectivity index (χ3v) is 3.40. The van der Waals surface area contributed by atoms with E-state index in [1.807, 2.05) is 0 Å². The van der Waals surface area contributed by atoms with Crippen molar-refractivity contribution in [1.82, 2.24) is 0 Å². The Morgan fingerprint density at radius 3 is 2.71 bits per heavy atom. The molecule has 0 saturated heterocycles. The molecule has 0 heterocycles. The third-order valence-electron chi connectivity index (χ3n) is 3.40. The number of benzene rings is 1. The minimum atomic E-state index is -0.0353. The van der Waals surface area contributed by atoms with Crippen LogP contribution in [0.15, 0.2) is 29.3 Å². The van der Waals surface area contributed by atoms with E-state index < -0.39 is 0 Å². The second kappa shape index (κ2) is 4.52. The maximum atomic E-state index is 6.09. The van der Waals surface area contributed by atoms with Crippen LogP contribution in [-0.4, -0.2) is 5.84 Å². The third kappa shape index (κ3) is 2.68. The molecule has 92 valence electrons. The van der Waals surface area contributed by atoms with Gasteiger partial charge in [0, 0.05) is 5.41 Å². The summed E-state index contributed by atoms with van der Waals surface area (Å²) in [5.74, 6) is 0.763. The van der Waals surface area contributed by atoms with Gasteiger partial charge in [-0.05, 0) is 30.4 Å². The number of nitrogens with zero attached hydrogens (tertiary/aromatic N) is 1. The number of hydrogen-bond donors (Lipinski definition) is 1. The van der Waals surface area contributed by atoms with E-state index in [2.05, 4.69) is 45.0 Å². The summed E-state index contributed by atoms with van der Waals surface area (Å²) in [5.41, 5.74) is 8.86. The van der Waals surface area contributed by atoms with E-state index in [0.717, 1.165) is 12.3 Å². The molecule has 1 atom stereocenters. The Kier molecular flexibility index (Phi) is 3.23. The lowest BCUT2D eigenvalue weighted by Gasteiger charge is -2.25. The Balaban J connectivity index is 2.31. The highest BCUT2D eigenvalue weighted by Gasteiger charge is 2.22. The number of rotatable bonds is 1. The molecule has 2 nitrogen and oxygen atoms in total. The number of nitrogens with two attached hydrogens (primary N) is 1. The Morgan fingerprint density at radius 1 is 1.29 bits per heavy atom. The molecule has 1 aliphatic rings. The average Bonchev–Trinajstić information content (AvgIpc) is 2.28. The Bertz CT molecular complexity index is 427. The molecule has 0 spiro atoms. The van der Waals surface area contributed by atoms with Crippen LogP contribution in [-0.2, 0) is 6.42 Å². The topological polar surface area (TPSA) is 38.4 Å². The summed E-state index contributed by atoms with van der Waals surface area (Å²) < 4.78 is 0. The normalized spacial score (nSPS) is 21.1. The molecule has 0 aromatic heterocycles. The summed E-state index contributed by atoms with van der Waals surface area (Å²) in [4.78, 5) is 4.74. The Hall–Kier alpha value is -1.31. The smallest absolute Gasteiger partial charge is 0.0998 e. The van der Waals surface area contributed by atoms with Gasteiger partial charge in [0.1, 0.15) is 0 Å². The molecular weight excluding hydrogens is 208 g/mol. The molecule has 0 fully saturated rings. The minimum absolute atomic E-state index is 0.0353. The molecule has 2 N–H and O–H groups in total. The molecule has 2 heteroatoms. The number of amidine groups is 1. The van der Waals surface area contributed by atoms with Crippen molar-refractivity contribution in [3.8, 4) is 0 Å². The van der Waals surface area contributed by atoms with Gasteiger partial charge in [-0.25, -0.2) is 0 Å². The largest absolute Gasteiger partial charge is 0.387 e. The van der Waals surface area contributed by atoms with Gasteiger partial charge in [0.15, 0.2) is 0 Å². The lowest BCUT2D eigenvalue weighted by molar-refractivity contribution is 0.540. The van der Waals surface area contributed by atoms with Crippen LogP contribution in [0, 0.1) is 5.41 Å². The van der Waals surface area contributed by atoms with Crippen LogP contribution in [0.1, 0.15) is 50.8 Å². The van der Waals surface area contributed by atoms with E-state index >= 15 is 0 Å². The van der Waals surface area contributed by atoms with E-state index in [4.69, 9.17) is 10.7 Å². The first-order chi connectivity index (χ1) is 7.98. The number of fused-ring (bicyclic) bond motifs is 1. The molecule has 0 amide bonds. The minimum Gasteiger partial charge on any atom is -0.387 e. The zero-order valence-electron chi connectivity index (χ0n) is 11.0. The van der Waals surface area contributed by atoms with Gasteiger partial charge in [-0.1, -0.05) is 45.0 Å². The lowest BCUT2D eigenvalue weighted by atomic mass is 9.87. The zero-order chi connectivity index (χ0) is 12.5. The predicted octanol–water partition coefficient (Wildman–Crippen LogP) is 3.47. The molecule has 17 heavy (non-hydrogen) atoms. The monoisotopic (exact) mass is 230 g/mol. The van der Waals surface area contributed by atoms with Crippen molar-refractivity contribution in [2.45, 2.75) is 46.1 Å². The summed E-state index contributed by atoms with van der Waals surface area (Å²) in [6.45, 7) is 6.34. The van der Waals surface area contributed by atoms with Crippen LogP contribution >= 0.6 is 0 Å². The van der Waals surface area contributed by atoms with Crippen LogP contribution in [0.4, 0.5) is 0 Å². The Morgan fingerprint density at radius 2 is 2.00 bits per heavy atom. The summed E-state index contributed by atoms with van der Waals surface area (Å²) in [6.07, 6.45) is 3.51. The van der Waals surface area contributed by atoms with Gasteiger partial charge in [-0.15, -0.1) is 0 Å². The quantitative estimate of drug-likeness (QED) is 0.582. The number of hydrogen-bond acceptors (Lipinski definition) is 1. The molecule has 2 rings (SSSR count). The first kappa shape index (κ1) is 12.2. The highest BCUT2D eigenvalue weighted by molar-refractivity contribution is 5.85. The van der Waals surface area contributed by atoms with E-state index in [0.29, 0.717) is 0 Å². The summed E-state index contributed by atoms with van der Waals surface area (Å²) >= 11 is 0. The first-order valence-corrected chi connectivity index (χ1v) is 6.40. The summed E-state index contributed by atoms with van der Waals surface area (Å²) in [7, 11) is 0. The van der Waals surface area contributed by atoms with Crippen LogP contribution in [0.2, 0.25) is 0 Å². The molecule has 0 aliphatic heterocycles. The van der Waals surface area contributed by atoms with Crippen LogP contribution in [0.5, 0.6) is 0 Å². The fourth-order valence-corrected chi connectivity index (χ4v) is 2.22. The molecule has 0 bridgehead atoms. The van der Waals surface area contributed by atoms with Crippen molar-refractivity contribution in [3.63, 3.8) is 0 Å². The van der Waals surface area contributed by atoms with Gasteiger partial charge in [-0.2, -0.15) is 0 Å². The molecule has 1 unspecified atom stereocenters. The fourth-order valence-electron chi connectivity index (χ4n) is 2.22. The van der Waals surface area contributed by atoms with E-state index in [9.17, 15) is 0 Å². The molecular formula is C15H22N2. The van der Waals surface area contributed by atoms with E-state index in [1.54, 1.807) is 0 Å². The molecule has 0 saturated carbocycles. The van der Waals surface area contributed by atoms with Gasteiger partial charge < -0.3 is 5.73 Å². The highest BCUT2D eigenvalue weighted by atomic mass is 14.9. The van der Waals surface area contributed by atoms with Gasteiger partial charge in [0.05, 0.1) is 11.9 Å². The second-order valence-corrected chi connectivity index (χ2v) is 5.87. The molecule has 1 aliphatic carbocycles. The van der Waals surface area contributed by atoms with Crippen LogP contribution in [0.3, 0.4) is 0 Å². The highest BCUT2D eigenvalue weighted by Crippen LogP contribution is 2.33. The maximum absolute atomic E-state index is 6.09. The average molecular weight is 230 g/mol. The van der Waals surface area contributed by atoms with Gasteiger partial charge in [0.2, 0.25) is 0 Å². The maximum Gasteiger partial charge on any atom is 0.0998 e.